The minimum Gasteiger partial charge on any atom is -0.297 e. The van der Waals surface area contributed by atoms with Crippen LogP contribution in [-0.4, -0.2) is 29.7 Å². The lowest BCUT2D eigenvalue weighted by atomic mass is 10.0. The Kier molecular flexibility index (Phi) is 3.66. The summed E-state index contributed by atoms with van der Waals surface area (Å²) >= 11 is 5.11. The number of nitrogens with zero attached hydrogens (tertiary/aromatic N) is 4. The van der Waals surface area contributed by atoms with Gasteiger partial charge in [0.05, 0.1) is 11.1 Å². The second-order valence-electron chi connectivity index (χ2n) is 6.40. The number of aromatic nitrogens is 6. The van der Waals surface area contributed by atoms with Crippen LogP contribution in [0.4, 0.5) is 0 Å². The largest absolute Gasteiger partial charge is 0.297 e. The number of fused-ring (bicyclic) bond motifs is 2. The summed E-state index contributed by atoms with van der Waals surface area (Å²) in [7, 11) is 0. The van der Waals surface area contributed by atoms with E-state index in [1.165, 1.54) is 0 Å². The average molecular weight is 386 g/mol. The first-order valence-corrected chi connectivity index (χ1v) is 9.05. The van der Waals surface area contributed by atoms with Gasteiger partial charge in [0.15, 0.2) is 11.3 Å². The van der Waals surface area contributed by atoms with Crippen LogP contribution in [-0.2, 0) is 0 Å². The molecule has 4 aromatic heterocycles. The van der Waals surface area contributed by atoms with Gasteiger partial charge in [-0.05, 0) is 37.3 Å². The number of pyridine rings is 2. The first-order chi connectivity index (χ1) is 13.6. The van der Waals surface area contributed by atoms with Crippen LogP contribution < -0.4 is 5.56 Å². The van der Waals surface area contributed by atoms with E-state index >= 15 is 0 Å². The molecule has 0 amide bonds. The molecule has 5 rings (SSSR count). The molecule has 0 aliphatic carbocycles. The van der Waals surface area contributed by atoms with Crippen LogP contribution in [0.25, 0.3) is 38.9 Å². The Morgan fingerprint density at radius 2 is 1.86 bits per heavy atom. The molecule has 0 saturated carbocycles. The maximum absolute atomic E-state index is 12.8. The Balaban J connectivity index is 2.03. The lowest BCUT2D eigenvalue weighted by molar-refractivity contribution is 0.878. The minimum atomic E-state index is -0.310. The predicted octanol–water partition coefficient (Wildman–Crippen LogP) is 3.69. The molecular weight excluding hydrogens is 372 g/mol. The smallest absolute Gasteiger partial charge is 0.261 e. The summed E-state index contributed by atoms with van der Waals surface area (Å²) < 4.78 is 2.00. The fourth-order valence-corrected chi connectivity index (χ4v) is 3.68. The van der Waals surface area contributed by atoms with Gasteiger partial charge in [-0.15, -0.1) is 0 Å². The summed E-state index contributed by atoms with van der Waals surface area (Å²) in [6.07, 6.45) is 3.43. The van der Waals surface area contributed by atoms with Gasteiger partial charge in [0, 0.05) is 34.6 Å². The monoisotopic (exact) mass is 386 g/mol. The molecule has 0 aliphatic heterocycles. The maximum atomic E-state index is 12.8. The highest BCUT2D eigenvalue weighted by Crippen LogP contribution is 2.34. The molecule has 2 N–H and O–H groups in total. The molecular formula is C20H14N6OS. The Bertz CT molecular complexity index is 1450. The van der Waals surface area contributed by atoms with E-state index < -0.39 is 0 Å². The molecule has 8 heteroatoms. The van der Waals surface area contributed by atoms with Crippen molar-refractivity contribution >= 4 is 34.3 Å². The molecule has 0 radical (unpaired) electrons. The van der Waals surface area contributed by atoms with Gasteiger partial charge in [-0.3, -0.25) is 19.9 Å². The van der Waals surface area contributed by atoms with Crippen LogP contribution in [0, 0.1) is 11.7 Å². The van der Waals surface area contributed by atoms with Crippen molar-refractivity contribution in [1.82, 2.24) is 29.7 Å². The van der Waals surface area contributed by atoms with Gasteiger partial charge >= 0.3 is 0 Å². The van der Waals surface area contributed by atoms with Gasteiger partial charge in [-0.2, -0.15) is 4.98 Å². The normalized spacial score (nSPS) is 11.3. The topological polar surface area (TPSA) is 92.2 Å². The van der Waals surface area contributed by atoms with Crippen LogP contribution in [0.15, 0.2) is 59.7 Å². The Hall–Kier alpha value is -3.65. The lowest BCUT2D eigenvalue weighted by Gasteiger charge is -2.09. The van der Waals surface area contributed by atoms with Gasteiger partial charge in [-0.25, -0.2) is 9.67 Å². The Labute approximate surface area is 163 Å². The molecule has 0 atom stereocenters. The molecule has 0 fully saturated rings. The van der Waals surface area contributed by atoms with Crippen molar-refractivity contribution in [3.63, 3.8) is 0 Å². The number of hydrogen-bond acceptors (Lipinski definition) is 5. The predicted molar refractivity (Wildman–Crippen MR) is 110 cm³/mol. The number of hydrogen-bond donors (Lipinski definition) is 2. The second-order valence-corrected chi connectivity index (χ2v) is 6.79. The van der Waals surface area contributed by atoms with Crippen LogP contribution >= 0.6 is 12.2 Å². The standard InChI is InChI=1S/C20H14N6OS/c1-11-14-15(12-6-5-9-21-10-12)16-17(23-20(28)24-19(16)27)22-18(14)26(25-11)13-7-3-2-4-8-13/h2-10,25H,1H3,(H,24,27,28). The average Bonchev–Trinajstić information content (AvgIpc) is 3.04. The van der Waals surface area contributed by atoms with E-state index in [1.807, 2.05) is 54.1 Å². The molecule has 28 heavy (non-hydrogen) atoms. The third-order valence-electron chi connectivity index (χ3n) is 4.64. The van der Waals surface area contributed by atoms with Crippen LogP contribution in [0.3, 0.4) is 0 Å². The SMILES string of the molecule is Cc1[nH]n(-c2ccccc2)c2nc3nc(=S)[nH]c(=O)c3c(-c3cccnc3)c12. The number of para-hydroxylation sites is 1. The van der Waals surface area contributed by atoms with E-state index in [-0.39, 0.29) is 10.3 Å². The number of nitrogens with one attached hydrogen (secondary N) is 2. The number of rotatable bonds is 2. The highest BCUT2D eigenvalue weighted by atomic mass is 32.1. The number of H-pyrrole nitrogens is 2. The van der Waals surface area contributed by atoms with Crippen molar-refractivity contribution < 1.29 is 0 Å². The van der Waals surface area contributed by atoms with Gasteiger partial charge < -0.3 is 0 Å². The maximum Gasteiger partial charge on any atom is 0.261 e. The van der Waals surface area contributed by atoms with Gasteiger partial charge in [-0.1, -0.05) is 24.3 Å². The first kappa shape index (κ1) is 16.5. The molecule has 4 heterocycles. The molecule has 0 bridgehead atoms. The van der Waals surface area contributed by atoms with Crippen molar-refractivity contribution in [2.75, 3.05) is 0 Å². The van der Waals surface area contributed by atoms with E-state index in [1.54, 1.807) is 12.4 Å². The molecule has 0 unspecified atom stereocenters. The zero-order valence-electron chi connectivity index (χ0n) is 14.8. The first-order valence-electron chi connectivity index (χ1n) is 8.64. The number of aryl methyl sites for hydroxylation is 1. The highest BCUT2D eigenvalue weighted by molar-refractivity contribution is 7.71. The molecule has 7 nitrogen and oxygen atoms in total. The van der Waals surface area contributed by atoms with Crippen molar-refractivity contribution in [3.8, 4) is 16.8 Å². The zero-order chi connectivity index (χ0) is 19.3. The molecule has 0 saturated heterocycles. The second kappa shape index (κ2) is 6.21. The quantitative estimate of drug-likeness (QED) is 0.452. The Morgan fingerprint density at radius 1 is 1.04 bits per heavy atom. The summed E-state index contributed by atoms with van der Waals surface area (Å²) in [5.41, 5.74) is 4.02. The summed E-state index contributed by atoms with van der Waals surface area (Å²) in [5, 5.41) is 4.60. The summed E-state index contributed by atoms with van der Waals surface area (Å²) in [6.45, 7) is 1.96. The van der Waals surface area contributed by atoms with Gasteiger partial charge in [0.1, 0.15) is 0 Å². The van der Waals surface area contributed by atoms with E-state index in [2.05, 4.69) is 20.1 Å². The van der Waals surface area contributed by atoms with Gasteiger partial charge in [0.2, 0.25) is 4.77 Å². The molecule has 5 aromatic rings. The van der Waals surface area contributed by atoms with E-state index in [0.717, 1.165) is 27.9 Å². The molecule has 1 aromatic carbocycles. The molecule has 136 valence electrons. The van der Waals surface area contributed by atoms with E-state index in [9.17, 15) is 4.79 Å². The third-order valence-corrected chi connectivity index (χ3v) is 4.84. The van der Waals surface area contributed by atoms with Crippen molar-refractivity contribution in [3.05, 3.63) is 75.7 Å². The zero-order valence-corrected chi connectivity index (χ0v) is 15.6. The van der Waals surface area contributed by atoms with Crippen LogP contribution in [0.2, 0.25) is 0 Å². The van der Waals surface area contributed by atoms with E-state index in [4.69, 9.17) is 17.2 Å². The summed E-state index contributed by atoms with van der Waals surface area (Å²) in [4.78, 5) is 28.6. The van der Waals surface area contributed by atoms with Crippen LogP contribution in [0.5, 0.6) is 0 Å². The molecule has 0 spiro atoms. The fraction of sp³-hybridized carbons (Fsp3) is 0.0500. The number of aromatic amines is 2. The number of benzene rings is 1. The minimum absolute atomic E-state index is 0.111. The Morgan fingerprint density at radius 3 is 2.61 bits per heavy atom. The van der Waals surface area contributed by atoms with E-state index in [0.29, 0.717) is 16.7 Å². The lowest BCUT2D eigenvalue weighted by Crippen LogP contribution is -2.11. The molecule has 0 aliphatic rings. The van der Waals surface area contributed by atoms with Gasteiger partial charge in [0.25, 0.3) is 5.56 Å². The highest BCUT2D eigenvalue weighted by Gasteiger charge is 2.20. The summed E-state index contributed by atoms with van der Waals surface area (Å²) in [6, 6.07) is 13.6. The van der Waals surface area contributed by atoms with Crippen molar-refractivity contribution in [2.45, 2.75) is 6.92 Å². The third kappa shape index (κ3) is 2.46. The van der Waals surface area contributed by atoms with Crippen LogP contribution in [0.1, 0.15) is 5.69 Å². The van der Waals surface area contributed by atoms with Crippen molar-refractivity contribution in [1.29, 1.82) is 0 Å². The van der Waals surface area contributed by atoms with Crippen molar-refractivity contribution in [2.24, 2.45) is 0 Å². The fourth-order valence-electron chi connectivity index (χ4n) is 3.50. The summed E-state index contributed by atoms with van der Waals surface area (Å²) in [5.74, 6) is 0.